The lowest BCUT2D eigenvalue weighted by atomic mass is 9.75. The van der Waals surface area contributed by atoms with Crippen molar-refractivity contribution in [2.24, 2.45) is 0 Å². The van der Waals surface area contributed by atoms with Crippen LogP contribution in [0.25, 0.3) is 0 Å². The van der Waals surface area contributed by atoms with E-state index < -0.39 is 7.12 Å². The highest BCUT2D eigenvalue weighted by Gasteiger charge is 2.52. The second-order valence-corrected chi connectivity index (χ2v) is 10.1. The Morgan fingerprint density at radius 2 is 1.76 bits per heavy atom. The van der Waals surface area contributed by atoms with E-state index in [9.17, 15) is 4.79 Å². The number of urea groups is 1. The van der Waals surface area contributed by atoms with Gasteiger partial charge in [0.05, 0.1) is 11.2 Å². The topological polar surface area (TPSA) is 75.3 Å². The number of hydrazine groups is 3. The maximum Gasteiger partial charge on any atom is 0.495 e. The van der Waals surface area contributed by atoms with E-state index in [0.717, 1.165) is 33.5 Å². The van der Waals surface area contributed by atoms with Gasteiger partial charge in [0.15, 0.2) is 0 Å². The first-order valence-corrected chi connectivity index (χ1v) is 11.5. The van der Waals surface area contributed by atoms with Gasteiger partial charge in [-0.2, -0.15) is 0 Å². The molecule has 1 aromatic rings. The number of ether oxygens (including phenoxy) is 1. The first-order valence-electron chi connectivity index (χ1n) is 11.5. The van der Waals surface area contributed by atoms with Crippen LogP contribution in [0.15, 0.2) is 35.6 Å². The van der Waals surface area contributed by atoms with Crippen molar-refractivity contribution in [2.75, 3.05) is 7.05 Å². The summed E-state index contributed by atoms with van der Waals surface area (Å²) in [4.78, 5) is 12.5. The molecule has 2 amide bonds. The first kappa shape index (κ1) is 23.8. The highest BCUT2D eigenvalue weighted by molar-refractivity contribution is 6.62. The van der Waals surface area contributed by atoms with E-state index in [0.29, 0.717) is 13.0 Å². The van der Waals surface area contributed by atoms with Gasteiger partial charge in [0.1, 0.15) is 18.4 Å². The number of aryl methyl sites for hydroxylation is 2. The molecule has 2 heterocycles. The van der Waals surface area contributed by atoms with Gasteiger partial charge in [0.25, 0.3) is 0 Å². The SMILES string of the molecule is CC1=C(OCc2cc(C)c(B3OC(C)(C)C(C)(C)O3)cc2C)C(N2NNN(C)C2=O)CC=C1. The molecular formula is C24H35BN4O4. The molecule has 2 aliphatic heterocycles. The molecule has 1 aliphatic carbocycles. The Kier molecular flexibility index (Phi) is 6.11. The number of allylic oxidation sites excluding steroid dienone is 2. The van der Waals surface area contributed by atoms with Gasteiger partial charge in [-0.15, -0.1) is 11.1 Å². The second-order valence-electron chi connectivity index (χ2n) is 10.1. The second kappa shape index (κ2) is 8.47. The van der Waals surface area contributed by atoms with Crippen LogP contribution in [0.2, 0.25) is 0 Å². The molecule has 9 heteroatoms. The van der Waals surface area contributed by atoms with Crippen molar-refractivity contribution < 1.29 is 18.8 Å². The molecule has 1 atom stereocenters. The molecule has 0 saturated carbocycles. The van der Waals surface area contributed by atoms with Crippen LogP contribution in [-0.4, -0.2) is 47.5 Å². The molecule has 2 fully saturated rings. The van der Waals surface area contributed by atoms with E-state index in [1.165, 1.54) is 5.01 Å². The van der Waals surface area contributed by atoms with E-state index in [2.05, 4.69) is 70.8 Å². The average Bonchev–Trinajstić information content (AvgIpc) is 3.17. The molecule has 0 spiro atoms. The number of hydrogen-bond donors (Lipinski definition) is 2. The van der Waals surface area contributed by atoms with Crippen molar-refractivity contribution in [3.63, 3.8) is 0 Å². The first-order chi connectivity index (χ1) is 15.4. The van der Waals surface area contributed by atoms with Gasteiger partial charge in [0, 0.05) is 7.05 Å². The van der Waals surface area contributed by atoms with Gasteiger partial charge in [-0.1, -0.05) is 29.8 Å². The van der Waals surface area contributed by atoms with Crippen molar-refractivity contribution >= 4 is 18.6 Å². The van der Waals surface area contributed by atoms with Crippen LogP contribution in [-0.2, 0) is 20.7 Å². The van der Waals surface area contributed by atoms with E-state index in [1.807, 2.05) is 13.0 Å². The maximum absolute atomic E-state index is 12.5. The molecular weight excluding hydrogens is 419 g/mol. The van der Waals surface area contributed by atoms with Crippen LogP contribution < -0.4 is 16.5 Å². The van der Waals surface area contributed by atoms with Crippen LogP contribution in [0.3, 0.4) is 0 Å². The Bertz CT molecular complexity index is 1000. The summed E-state index contributed by atoms with van der Waals surface area (Å²) in [6, 6.07) is 3.92. The quantitative estimate of drug-likeness (QED) is 0.667. The number of nitrogens with one attached hydrogen (secondary N) is 2. The molecule has 0 radical (unpaired) electrons. The van der Waals surface area contributed by atoms with E-state index in [4.69, 9.17) is 14.0 Å². The van der Waals surface area contributed by atoms with Crippen molar-refractivity contribution in [1.29, 1.82) is 0 Å². The Balaban J connectivity index is 1.52. The summed E-state index contributed by atoms with van der Waals surface area (Å²) < 4.78 is 18.9. The Morgan fingerprint density at radius 1 is 1.09 bits per heavy atom. The van der Waals surface area contributed by atoms with Crippen molar-refractivity contribution in [3.05, 3.63) is 52.3 Å². The number of rotatable bonds is 5. The highest BCUT2D eigenvalue weighted by Crippen LogP contribution is 2.37. The highest BCUT2D eigenvalue weighted by atomic mass is 16.7. The van der Waals surface area contributed by atoms with Gasteiger partial charge >= 0.3 is 13.1 Å². The zero-order valence-corrected chi connectivity index (χ0v) is 20.9. The fraction of sp³-hybridized carbons (Fsp3) is 0.542. The maximum atomic E-state index is 12.5. The summed E-state index contributed by atoms with van der Waals surface area (Å²) in [7, 11) is 1.29. The van der Waals surface area contributed by atoms with Crippen LogP contribution in [0.1, 0.15) is 57.7 Å². The van der Waals surface area contributed by atoms with E-state index in [-0.39, 0.29) is 23.3 Å². The molecule has 4 rings (SSSR count). The zero-order valence-electron chi connectivity index (χ0n) is 20.9. The van der Waals surface area contributed by atoms with Gasteiger partial charge in [-0.25, -0.2) is 14.8 Å². The third-order valence-electron chi connectivity index (χ3n) is 7.18. The molecule has 1 unspecified atom stereocenters. The van der Waals surface area contributed by atoms with Crippen molar-refractivity contribution in [1.82, 2.24) is 21.1 Å². The minimum Gasteiger partial charge on any atom is -0.491 e. The summed E-state index contributed by atoms with van der Waals surface area (Å²) in [5.74, 6) is 0.794. The van der Waals surface area contributed by atoms with Crippen LogP contribution >= 0.6 is 0 Å². The zero-order chi connectivity index (χ0) is 24.1. The summed E-state index contributed by atoms with van der Waals surface area (Å²) in [6.07, 6.45) is 4.79. The fourth-order valence-corrected chi connectivity index (χ4v) is 4.29. The Hall–Kier alpha value is -2.33. The van der Waals surface area contributed by atoms with E-state index in [1.54, 1.807) is 12.1 Å². The monoisotopic (exact) mass is 454 g/mol. The Morgan fingerprint density at radius 3 is 2.36 bits per heavy atom. The van der Waals surface area contributed by atoms with Crippen LogP contribution in [0.4, 0.5) is 4.79 Å². The van der Waals surface area contributed by atoms with Gasteiger partial charge < -0.3 is 14.0 Å². The van der Waals surface area contributed by atoms with Gasteiger partial charge in [0.2, 0.25) is 0 Å². The molecule has 0 aromatic heterocycles. The van der Waals surface area contributed by atoms with Gasteiger partial charge in [-0.3, -0.25) is 0 Å². The summed E-state index contributed by atoms with van der Waals surface area (Å²) in [5.41, 5.74) is 10.4. The lowest BCUT2D eigenvalue weighted by Crippen LogP contribution is -2.47. The van der Waals surface area contributed by atoms with Crippen LogP contribution in [0, 0.1) is 13.8 Å². The van der Waals surface area contributed by atoms with Gasteiger partial charge in [-0.05, 0) is 77.0 Å². The summed E-state index contributed by atoms with van der Waals surface area (Å²) in [6.45, 7) is 14.8. The molecule has 178 valence electrons. The smallest absolute Gasteiger partial charge is 0.491 e. The molecule has 2 saturated heterocycles. The Labute approximate surface area is 197 Å². The number of amides is 2. The van der Waals surface area contributed by atoms with E-state index >= 15 is 0 Å². The summed E-state index contributed by atoms with van der Waals surface area (Å²) >= 11 is 0. The minimum atomic E-state index is -0.391. The van der Waals surface area contributed by atoms with Crippen molar-refractivity contribution in [2.45, 2.75) is 78.7 Å². The third-order valence-corrected chi connectivity index (χ3v) is 7.18. The number of carbonyl (C=O) groups is 1. The standard InChI is InChI=1S/C24H35BN4O4/c1-15-10-9-11-20(29-22(30)28(8)26-27-29)21(15)31-14-18-12-17(3)19(13-16(18)2)25-32-23(4,5)24(6,7)33-25/h9-10,12-13,20,26-27H,11,14H2,1-8H3. The summed E-state index contributed by atoms with van der Waals surface area (Å²) in [5, 5.41) is 2.98. The predicted octanol–water partition coefficient (Wildman–Crippen LogP) is 3.01. The number of benzene rings is 1. The average molecular weight is 454 g/mol. The molecule has 33 heavy (non-hydrogen) atoms. The molecule has 8 nitrogen and oxygen atoms in total. The lowest BCUT2D eigenvalue weighted by Gasteiger charge is -2.32. The minimum absolute atomic E-state index is 0.150. The number of nitrogens with zero attached hydrogens (tertiary/aromatic N) is 2. The van der Waals surface area contributed by atoms with Crippen LogP contribution in [0.5, 0.6) is 0 Å². The molecule has 3 aliphatic rings. The predicted molar refractivity (Wildman–Crippen MR) is 128 cm³/mol. The fourth-order valence-electron chi connectivity index (χ4n) is 4.29. The molecule has 2 N–H and O–H groups in total. The molecule has 1 aromatic carbocycles. The number of carbonyl (C=O) groups excluding carboxylic acids is 1. The number of hydrogen-bond acceptors (Lipinski definition) is 6. The molecule has 0 bridgehead atoms. The van der Waals surface area contributed by atoms with Crippen molar-refractivity contribution in [3.8, 4) is 0 Å². The largest absolute Gasteiger partial charge is 0.495 e. The third kappa shape index (κ3) is 4.30. The lowest BCUT2D eigenvalue weighted by molar-refractivity contribution is 0.00578. The normalized spacial score (nSPS) is 24.3.